The van der Waals surface area contributed by atoms with Gasteiger partial charge in [-0.25, -0.2) is 8.78 Å². The van der Waals surface area contributed by atoms with Crippen LogP contribution in [0.15, 0.2) is 24.3 Å². The van der Waals surface area contributed by atoms with Gasteiger partial charge in [0.1, 0.15) is 17.4 Å². The molecule has 0 spiro atoms. The molecule has 0 unspecified atom stereocenters. The molecule has 2 aromatic rings. The predicted octanol–water partition coefficient (Wildman–Crippen LogP) is 3.09. The van der Waals surface area contributed by atoms with Crippen LogP contribution in [0.25, 0.3) is 0 Å². The SMILES string of the molecule is COc1cc(Cl)c([NH3+])cc1OCc1c(OC)ccc(F)c1F. The molecule has 118 valence electrons. The monoisotopic (exact) mass is 330 g/mol. The molecule has 0 saturated heterocycles. The summed E-state index contributed by atoms with van der Waals surface area (Å²) in [6.45, 7) is -0.232. The maximum atomic E-state index is 13.9. The average molecular weight is 331 g/mol. The molecule has 0 amide bonds. The van der Waals surface area contributed by atoms with E-state index in [2.05, 4.69) is 5.73 Å². The molecule has 0 aliphatic rings. The Morgan fingerprint density at radius 1 is 1.05 bits per heavy atom. The Hall–Kier alpha value is -2.05. The van der Waals surface area contributed by atoms with Crippen molar-refractivity contribution < 1.29 is 28.7 Å². The summed E-state index contributed by atoms with van der Waals surface area (Å²) in [6, 6.07) is 5.43. The van der Waals surface area contributed by atoms with Crippen LogP contribution in [0.5, 0.6) is 17.2 Å². The Morgan fingerprint density at radius 3 is 2.36 bits per heavy atom. The summed E-state index contributed by atoms with van der Waals surface area (Å²) in [5, 5.41) is 0.415. The van der Waals surface area contributed by atoms with Crippen molar-refractivity contribution in [3.63, 3.8) is 0 Å². The van der Waals surface area contributed by atoms with Crippen LogP contribution in [0.4, 0.5) is 14.5 Å². The number of methoxy groups -OCH3 is 2. The van der Waals surface area contributed by atoms with Crippen molar-refractivity contribution in [2.24, 2.45) is 0 Å². The molecule has 7 heteroatoms. The van der Waals surface area contributed by atoms with Gasteiger partial charge in [-0.2, -0.15) is 0 Å². The van der Waals surface area contributed by atoms with E-state index in [9.17, 15) is 8.78 Å². The van der Waals surface area contributed by atoms with Crippen LogP contribution < -0.4 is 19.9 Å². The standard InChI is InChI=1S/C15H14ClF2NO3/c1-20-12-4-3-10(17)15(18)8(12)7-22-14-6-11(19)9(16)5-13(14)21-2/h3-6H,7,19H2,1-2H3/p+1. The normalized spacial score (nSPS) is 10.5. The van der Waals surface area contributed by atoms with E-state index >= 15 is 0 Å². The molecule has 2 rings (SSSR count). The summed E-state index contributed by atoms with van der Waals surface area (Å²) in [5.74, 6) is -1.10. The van der Waals surface area contributed by atoms with Gasteiger partial charge in [0, 0.05) is 12.1 Å². The molecule has 0 saturated carbocycles. The van der Waals surface area contributed by atoms with Crippen LogP contribution >= 0.6 is 11.6 Å². The molecule has 0 radical (unpaired) electrons. The predicted molar refractivity (Wildman–Crippen MR) is 77.8 cm³/mol. The van der Waals surface area contributed by atoms with E-state index < -0.39 is 11.6 Å². The third-order valence-electron chi connectivity index (χ3n) is 3.08. The molecule has 0 fully saturated rings. The molecule has 0 aliphatic heterocycles. The first-order valence-corrected chi connectivity index (χ1v) is 6.68. The summed E-state index contributed by atoms with van der Waals surface area (Å²) in [4.78, 5) is 0. The van der Waals surface area contributed by atoms with Crippen molar-refractivity contribution in [3.8, 4) is 17.2 Å². The molecule has 0 aliphatic carbocycles. The minimum atomic E-state index is -1.01. The minimum absolute atomic E-state index is 0.0230. The summed E-state index contributed by atoms with van der Waals surface area (Å²) in [6.07, 6.45) is 0. The zero-order chi connectivity index (χ0) is 16.3. The van der Waals surface area contributed by atoms with Crippen molar-refractivity contribution in [2.75, 3.05) is 14.2 Å². The molecule has 3 N–H and O–H groups in total. The fraction of sp³-hybridized carbons (Fsp3) is 0.200. The van der Waals surface area contributed by atoms with Gasteiger partial charge in [-0.15, -0.1) is 0 Å². The highest BCUT2D eigenvalue weighted by molar-refractivity contribution is 6.32. The summed E-state index contributed by atoms with van der Waals surface area (Å²) in [7, 11) is 2.82. The quantitative estimate of drug-likeness (QED) is 0.916. The van der Waals surface area contributed by atoms with Gasteiger partial charge < -0.3 is 19.9 Å². The van der Waals surface area contributed by atoms with Gasteiger partial charge >= 0.3 is 0 Å². The molecular formula is C15H15ClF2NO3+. The van der Waals surface area contributed by atoms with Crippen LogP contribution in [-0.2, 0) is 6.61 Å². The van der Waals surface area contributed by atoms with Crippen LogP contribution in [0.3, 0.4) is 0 Å². The van der Waals surface area contributed by atoms with E-state index in [4.69, 9.17) is 25.8 Å². The zero-order valence-corrected chi connectivity index (χ0v) is 12.8. The smallest absolute Gasteiger partial charge is 0.169 e. The fourth-order valence-corrected chi connectivity index (χ4v) is 2.05. The Balaban J connectivity index is 2.31. The third-order valence-corrected chi connectivity index (χ3v) is 3.43. The second kappa shape index (κ2) is 6.81. The van der Waals surface area contributed by atoms with Crippen molar-refractivity contribution in [1.29, 1.82) is 0 Å². The number of benzene rings is 2. The third kappa shape index (κ3) is 3.23. The van der Waals surface area contributed by atoms with Crippen LogP contribution in [-0.4, -0.2) is 14.2 Å². The van der Waals surface area contributed by atoms with Gasteiger partial charge in [0.2, 0.25) is 0 Å². The Kier molecular flexibility index (Phi) is 5.05. The van der Waals surface area contributed by atoms with E-state index in [-0.39, 0.29) is 17.9 Å². The Labute approximate surface area is 131 Å². The largest absolute Gasteiger partial charge is 0.496 e. The number of ether oxygens (including phenoxy) is 3. The van der Waals surface area contributed by atoms with E-state index in [0.717, 1.165) is 6.07 Å². The molecular weight excluding hydrogens is 316 g/mol. The fourth-order valence-electron chi connectivity index (χ4n) is 1.90. The van der Waals surface area contributed by atoms with E-state index in [1.54, 1.807) is 12.1 Å². The minimum Gasteiger partial charge on any atom is -0.496 e. The number of hydrogen-bond acceptors (Lipinski definition) is 3. The lowest BCUT2D eigenvalue weighted by Crippen LogP contribution is -2.40. The van der Waals surface area contributed by atoms with Gasteiger partial charge in [0.25, 0.3) is 0 Å². The Morgan fingerprint density at radius 2 is 1.73 bits per heavy atom. The number of hydrogen-bond donors (Lipinski definition) is 1. The lowest BCUT2D eigenvalue weighted by atomic mass is 10.2. The molecule has 0 aromatic heterocycles. The zero-order valence-electron chi connectivity index (χ0n) is 12.1. The van der Waals surface area contributed by atoms with Crippen molar-refractivity contribution in [1.82, 2.24) is 0 Å². The first kappa shape index (κ1) is 16.3. The summed E-state index contributed by atoms with van der Waals surface area (Å²) < 4.78 is 42.9. The first-order valence-electron chi connectivity index (χ1n) is 6.31. The second-order valence-corrected chi connectivity index (χ2v) is 4.83. The first-order chi connectivity index (χ1) is 10.5. The van der Waals surface area contributed by atoms with Crippen molar-refractivity contribution >= 4 is 17.3 Å². The summed E-state index contributed by atoms with van der Waals surface area (Å²) in [5.41, 5.74) is 4.26. The molecule has 4 nitrogen and oxygen atoms in total. The number of halogens is 3. The molecule has 2 aromatic carbocycles. The average Bonchev–Trinajstić information content (AvgIpc) is 2.51. The highest BCUT2D eigenvalue weighted by Crippen LogP contribution is 2.35. The van der Waals surface area contributed by atoms with Crippen molar-refractivity contribution in [2.45, 2.75) is 6.61 Å². The second-order valence-electron chi connectivity index (χ2n) is 4.43. The van der Waals surface area contributed by atoms with Gasteiger partial charge in [-0.05, 0) is 12.1 Å². The van der Waals surface area contributed by atoms with Crippen molar-refractivity contribution in [3.05, 3.63) is 46.5 Å². The topological polar surface area (TPSA) is 55.3 Å². The molecule has 0 heterocycles. The van der Waals surface area contributed by atoms with Crippen LogP contribution in [0.2, 0.25) is 5.02 Å². The van der Waals surface area contributed by atoms with Gasteiger partial charge in [0.05, 0.1) is 19.8 Å². The highest BCUT2D eigenvalue weighted by atomic mass is 35.5. The molecule has 0 atom stereocenters. The lowest BCUT2D eigenvalue weighted by Gasteiger charge is -2.14. The number of quaternary nitrogens is 1. The van der Waals surface area contributed by atoms with Gasteiger partial charge in [-0.3, -0.25) is 0 Å². The Bertz CT molecular complexity index is 695. The van der Waals surface area contributed by atoms with Gasteiger partial charge in [-0.1, -0.05) is 11.6 Å². The van der Waals surface area contributed by atoms with Gasteiger partial charge in [0.15, 0.2) is 28.8 Å². The van der Waals surface area contributed by atoms with E-state index in [0.29, 0.717) is 22.2 Å². The summed E-state index contributed by atoms with van der Waals surface area (Å²) >= 11 is 5.95. The molecule has 0 bridgehead atoms. The highest BCUT2D eigenvalue weighted by Gasteiger charge is 2.17. The number of rotatable bonds is 5. The maximum Gasteiger partial charge on any atom is 0.169 e. The van der Waals surface area contributed by atoms with Crippen LogP contribution in [0.1, 0.15) is 5.56 Å². The molecule has 22 heavy (non-hydrogen) atoms. The van der Waals surface area contributed by atoms with E-state index in [1.807, 2.05) is 0 Å². The van der Waals surface area contributed by atoms with Crippen LogP contribution in [0, 0.1) is 11.6 Å². The van der Waals surface area contributed by atoms with E-state index in [1.165, 1.54) is 20.3 Å². The maximum absolute atomic E-state index is 13.9. The lowest BCUT2D eigenvalue weighted by molar-refractivity contribution is -0.254.